The fourth-order valence-corrected chi connectivity index (χ4v) is 1.57. The van der Waals surface area contributed by atoms with Crippen LogP contribution in [0.3, 0.4) is 0 Å². The van der Waals surface area contributed by atoms with E-state index in [4.69, 9.17) is 20.6 Å². The molecule has 1 amide bonds. The summed E-state index contributed by atoms with van der Waals surface area (Å²) >= 11 is 0. The number of esters is 1. The first kappa shape index (κ1) is 18.5. The van der Waals surface area contributed by atoms with Crippen molar-refractivity contribution < 1.29 is 19.1 Å². The van der Waals surface area contributed by atoms with Crippen molar-refractivity contribution in [3.8, 4) is 0 Å². The number of amidine groups is 1. The summed E-state index contributed by atoms with van der Waals surface area (Å²) in [6, 6.07) is 6.45. The van der Waals surface area contributed by atoms with Gasteiger partial charge in [0.25, 0.3) is 0 Å². The summed E-state index contributed by atoms with van der Waals surface area (Å²) < 4.78 is 9.95. The molecule has 0 saturated heterocycles. The second kappa shape index (κ2) is 8.17. The summed E-state index contributed by atoms with van der Waals surface area (Å²) in [4.78, 5) is 23.5. The molecule has 2 atom stereocenters. The maximum atomic E-state index is 11.8. The highest BCUT2D eigenvalue weighted by Gasteiger charge is 2.22. The molecule has 1 rings (SSSR count). The minimum Gasteiger partial charge on any atom is -0.425 e. The third-order valence-corrected chi connectivity index (χ3v) is 3.35. The number of anilines is 1. The largest absolute Gasteiger partial charge is 0.425 e. The van der Waals surface area contributed by atoms with E-state index in [1.807, 2.05) is 13.8 Å². The van der Waals surface area contributed by atoms with Gasteiger partial charge in [0.15, 0.2) is 0 Å². The molecule has 126 valence electrons. The molecule has 0 spiro atoms. The van der Waals surface area contributed by atoms with Gasteiger partial charge in [0.2, 0.25) is 6.29 Å². The minimum absolute atomic E-state index is 0.127. The van der Waals surface area contributed by atoms with Crippen molar-refractivity contribution in [3.63, 3.8) is 0 Å². The smallest absolute Gasteiger partial charge is 0.415 e. The number of alkyl carbamates (subject to hydrolysis) is 1. The molecule has 0 radical (unpaired) electrons. The predicted molar refractivity (Wildman–Crippen MR) is 86.9 cm³/mol. The molecule has 0 aliphatic heterocycles. The zero-order chi connectivity index (χ0) is 17.6. The zero-order valence-electron chi connectivity index (χ0n) is 13.8. The predicted octanol–water partition coefficient (Wildman–Crippen LogP) is 2.50. The molecule has 0 bridgehead atoms. The highest BCUT2D eigenvalue weighted by molar-refractivity contribution is 6.04. The number of nitrogens with two attached hydrogens (primary N) is 1. The number of carbonyl (C=O) groups excluding carboxylic acids is 2. The van der Waals surface area contributed by atoms with E-state index in [0.29, 0.717) is 11.3 Å². The third-order valence-electron chi connectivity index (χ3n) is 3.35. The van der Waals surface area contributed by atoms with Crippen molar-refractivity contribution in [3.05, 3.63) is 29.8 Å². The lowest BCUT2D eigenvalue weighted by molar-refractivity contribution is -0.170. The quantitative estimate of drug-likeness (QED) is 0.253. The van der Waals surface area contributed by atoms with E-state index in [-0.39, 0.29) is 17.7 Å². The number of rotatable bonds is 5. The lowest BCUT2D eigenvalue weighted by Crippen LogP contribution is -2.35. The highest BCUT2D eigenvalue weighted by Crippen LogP contribution is 2.13. The Bertz CT molecular complexity index is 569. The van der Waals surface area contributed by atoms with Gasteiger partial charge in [-0.25, -0.2) is 4.79 Å². The van der Waals surface area contributed by atoms with Crippen molar-refractivity contribution in [2.45, 2.75) is 34.0 Å². The van der Waals surface area contributed by atoms with Gasteiger partial charge in [0, 0.05) is 18.2 Å². The lowest BCUT2D eigenvalue weighted by atomic mass is 9.99. The summed E-state index contributed by atoms with van der Waals surface area (Å²) in [5, 5.41) is 10.0. The van der Waals surface area contributed by atoms with Crippen molar-refractivity contribution in [2.24, 2.45) is 11.8 Å². The molecular formula is C16H23N3O4. The van der Waals surface area contributed by atoms with Crippen LogP contribution in [-0.4, -0.2) is 24.2 Å². The fraction of sp³-hybridized carbons (Fsp3) is 0.438. The van der Waals surface area contributed by atoms with Crippen molar-refractivity contribution in [1.29, 1.82) is 5.41 Å². The molecule has 0 aromatic heterocycles. The van der Waals surface area contributed by atoms with Gasteiger partial charge in [-0.1, -0.05) is 20.8 Å². The van der Waals surface area contributed by atoms with Gasteiger partial charge in [0.05, 0.1) is 5.92 Å². The molecule has 0 aliphatic carbocycles. The van der Waals surface area contributed by atoms with Gasteiger partial charge in [-0.3, -0.25) is 15.5 Å². The molecule has 4 N–H and O–H groups in total. The number of benzene rings is 1. The standard InChI is InChI=1S/C16H23N3O4/c1-9(2)10(3)15(20)22-11(4)23-16(21)19-14(18)12-5-7-13(17)8-6-12/h5-11H,17H2,1-4H3,(H2,18,19,21)/t10-,11?/m0/s1. The Kier molecular flexibility index (Phi) is 6.56. The van der Waals surface area contributed by atoms with E-state index in [1.165, 1.54) is 6.92 Å². The summed E-state index contributed by atoms with van der Waals surface area (Å²) in [6.07, 6.45) is -1.91. The monoisotopic (exact) mass is 321 g/mol. The number of nitrogens with one attached hydrogen (secondary N) is 2. The van der Waals surface area contributed by atoms with Crippen LogP contribution < -0.4 is 11.1 Å². The second-order valence-electron chi connectivity index (χ2n) is 5.56. The van der Waals surface area contributed by atoms with E-state index < -0.39 is 18.4 Å². The topological polar surface area (TPSA) is 114 Å². The third kappa shape index (κ3) is 5.98. The molecule has 0 heterocycles. The molecule has 1 aromatic rings. The van der Waals surface area contributed by atoms with Crippen LogP contribution >= 0.6 is 0 Å². The Labute approximate surface area is 135 Å². The van der Waals surface area contributed by atoms with Gasteiger partial charge < -0.3 is 15.2 Å². The average Bonchev–Trinajstić information content (AvgIpc) is 2.46. The van der Waals surface area contributed by atoms with Crippen molar-refractivity contribution in [1.82, 2.24) is 5.32 Å². The van der Waals surface area contributed by atoms with Crippen LogP contribution in [0.5, 0.6) is 0 Å². The van der Waals surface area contributed by atoms with Crippen LogP contribution in [-0.2, 0) is 14.3 Å². The number of hydrogen-bond donors (Lipinski definition) is 3. The Morgan fingerprint density at radius 2 is 1.65 bits per heavy atom. The SMILES string of the molecule is CC(OC(=O)NC(=N)c1ccc(N)cc1)OC(=O)[C@@H](C)C(C)C. The molecule has 0 saturated carbocycles. The molecule has 7 nitrogen and oxygen atoms in total. The first-order valence-corrected chi connectivity index (χ1v) is 7.33. The van der Waals surface area contributed by atoms with Gasteiger partial charge >= 0.3 is 12.1 Å². The Hall–Kier alpha value is -2.57. The van der Waals surface area contributed by atoms with Gasteiger partial charge in [-0.05, 0) is 30.2 Å². The van der Waals surface area contributed by atoms with E-state index in [1.54, 1.807) is 31.2 Å². The van der Waals surface area contributed by atoms with Gasteiger partial charge in [-0.15, -0.1) is 0 Å². The Morgan fingerprint density at radius 3 is 2.17 bits per heavy atom. The molecule has 1 unspecified atom stereocenters. The van der Waals surface area contributed by atoms with E-state index in [0.717, 1.165) is 0 Å². The van der Waals surface area contributed by atoms with Crippen LogP contribution in [0.15, 0.2) is 24.3 Å². The first-order valence-electron chi connectivity index (χ1n) is 7.33. The maximum absolute atomic E-state index is 11.8. The maximum Gasteiger partial charge on any atom is 0.415 e. The molecular weight excluding hydrogens is 298 g/mol. The average molecular weight is 321 g/mol. The van der Waals surface area contributed by atoms with E-state index >= 15 is 0 Å². The van der Waals surface area contributed by atoms with Crippen molar-refractivity contribution >= 4 is 23.6 Å². The lowest BCUT2D eigenvalue weighted by Gasteiger charge is -2.19. The number of amides is 1. The molecule has 7 heteroatoms. The van der Waals surface area contributed by atoms with Gasteiger partial charge in [-0.2, -0.15) is 0 Å². The summed E-state index contributed by atoms with van der Waals surface area (Å²) in [5.41, 5.74) is 6.59. The highest BCUT2D eigenvalue weighted by atomic mass is 16.7. The number of carbonyl (C=O) groups is 2. The van der Waals surface area contributed by atoms with Crippen LogP contribution in [0.4, 0.5) is 10.5 Å². The normalized spacial score (nSPS) is 13.1. The summed E-state index contributed by atoms with van der Waals surface area (Å²) in [5.74, 6) is -0.739. The van der Waals surface area contributed by atoms with E-state index in [2.05, 4.69) is 5.32 Å². The summed E-state index contributed by atoms with van der Waals surface area (Å²) in [6.45, 7) is 6.99. The van der Waals surface area contributed by atoms with Crippen molar-refractivity contribution in [2.75, 3.05) is 5.73 Å². The zero-order valence-corrected chi connectivity index (χ0v) is 13.8. The van der Waals surface area contributed by atoms with E-state index in [9.17, 15) is 9.59 Å². The first-order chi connectivity index (χ1) is 10.7. The van der Waals surface area contributed by atoms with Crippen LogP contribution in [0.1, 0.15) is 33.3 Å². The molecule has 23 heavy (non-hydrogen) atoms. The molecule has 0 fully saturated rings. The second-order valence-corrected chi connectivity index (χ2v) is 5.56. The molecule has 0 aliphatic rings. The number of nitrogen functional groups attached to an aromatic ring is 1. The minimum atomic E-state index is -1.04. The van der Waals surface area contributed by atoms with Crippen LogP contribution in [0, 0.1) is 17.2 Å². The van der Waals surface area contributed by atoms with Gasteiger partial charge in [0.1, 0.15) is 5.84 Å². The molecule has 1 aromatic carbocycles. The number of hydrogen-bond acceptors (Lipinski definition) is 6. The fourth-order valence-electron chi connectivity index (χ4n) is 1.57. The van der Waals surface area contributed by atoms with Crippen LogP contribution in [0.25, 0.3) is 0 Å². The van der Waals surface area contributed by atoms with Crippen LogP contribution in [0.2, 0.25) is 0 Å². The Morgan fingerprint density at radius 1 is 1.09 bits per heavy atom. The number of ether oxygens (including phenoxy) is 2. The summed E-state index contributed by atoms with van der Waals surface area (Å²) in [7, 11) is 0. The Balaban J connectivity index is 2.48.